The number of aromatic nitrogens is 3. The molecule has 0 radical (unpaired) electrons. The number of allylic oxidation sites excluding steroid dienone is 1. The molecule has 2 fully saturated rings. The summed E-state index contributed by atoms with van der Waals surface area (Å²) >= 11 is 0. The second-order valence-electron chi connectivity index (χ2n) is 13.3. The van der Waals surface area contributed by atoms with Gasteiger partial charge in [0, 0.05) is 26.1 Å². The van der Waals surface area contributed by atoms with Crippen molar-refractivity contribution in [1.29, 1.82) is 0 Å². The van der Waals surface area contributed by atoms with Crippen molar-refractivity contribution < 1.29 is 33.8 Å². The monoisotopic (exact) mass is 682 g/mol. The number of esters is 1. The maximum Gasteiger partial charge on any atom is 0.313 e. The summed E-state index contributed by atoms with van der Waals surface area (Å²) in [6, 6.07) is 15.6. The summed E-state index contributed by atoms with van der Waals surface area (Å²) in [6.45, 7) is 0.795. The van der Waals surface area contributed by atoms with E-state index in [1.807, 2.05) is 60.7 Å². The van der Waals surface area contributed by atoms with Crippen LogP contribution in [0.1, 0.15) is 50.2 Å². The number of carbonyl (C=O) groups is 4. The molecule has 262 valence electrons. The van der Waals surface area contributed by atoms with Gasteiger partial charge < -0.3 is 29.7 Å². The minimum absolute atomic E-state index is 0.0766. The molecule has 0 bridgehead atoms. The van der Waals surface area contributed by atoms with E-state index in [-0.39, 0.29) is 57.1 Å². The molecule has 3 amide bonds. The van der Waals surface area contributed by atoms with Gasteiger partial charge in [0.1, 0.15) is 35.9 Å². The van der Waals surface area contributed by atoms with Gasteiger partial charge in [0.25, 0.3) is 5.91 Å². The molecule has 13 nitrogen and oxygen atoms in total. The summed E-state index contributed by atoms with van der Waals surface area (Å²) in [5.41, 5.74) is 0.744. The molecule has 1 aromatic heterocycles. The molecule has 0 unspecified atom stereocenters. The zero-order valence-electron chi connectivity index (χ0n) is 27.8. The van der Waals surface area contributed by atoms with Crippen molar-refractivity contribution in [2.75, 3.05) is 26.2 Å². The van der Waals surface area contributed by atoms with Gasteiger partial charge in [-0.15, -0.1) is 5.10 Å². The van der Waals surface area contributed by atoms with Gasteiger partial charge in [0.15, 0.2) is 0 Å². The Morgan fingerprint density at radius 2 is 1.74 bits per heavy atom. The van der Waals surface area contributed by atoms with E-state index >= 15 is 0 Å². The number of para-hydroxylation sites is 1. The molecule has 2 aromatic carbocycles. The van der Waals surface area contributed by atoms with Crippen LogP contribution < -0.4 is 5.32 Å². The highest BCUT2D eigenvalue weighted by Gasteiger charge is 2.71. The van der Waals surface area contributed by atoms with E-state index in [4.69, 9.17) is 9.47 Å². The molecule has 4 aliphatic rings. The van der Waals surface area contributed by atoms with E-state index in [1.54, 1.807) is 32.7 Å². The van der Waals surface area contributed by atoms with Crippen LogP contribution in [0.3, 0.4) is 0 Å². The third-order valence-electron chi connectivity index (χ3n) is 10.2. The van der Waals surface area contributed by atoms with E-state index < -0.39 is 41.7 Å². The summed E-state index contributed by atoms with van der Waals surface area (Å²) in [6.07, 6.45) is 8.95. The Balaban J connectivity index is 1.25. The molecule has 5 heterocycles. The predicted octanol–water partition coefficient (Wildman–Crippen LogP) is 2.67. The molecule has 0 saturated carbocycles. The van der Waals surface area contributed by atoms with Crippen LogP contribution in [0.15, 0.2) is 78.9 Å². The first-order valence-corrected chi connectivity index (χ1v) is 17.4. The van der Waals surface area contributed by atoms with Gasteiger partial charge in [-0.3, -0.25) is 19.2 Å². The maximum absolute atomic E-state index is 14.8. The van der Waals surface area contributed by atoms with Gasteiger partial charge in [0.2, 0.25) is 11.8 Å². The van der Waals surface area contributed by atoms with Gasteiger partial charge >= 0.3 is 5.97 Å². The average molecular weight is 683 g/mol. The van der Waals surface area contributed by atoms with E-state index in [0.29, 0.717) is 30.3 Å². The van der Waals surface area contributed by atoms with Crippen LogP contribution in [-0.2, 0) is 35.3 Å². The largest absolute Gasteiger partial charge is 0.455 e. The first kappa shape index (κ1) is 33.6. The van der Waals surface area contributed by atoms with Crippen molar-refractivity contribution in [2.24, 2.45) is 11.8 Å². The van der Waals surface area contributed by atoms with Crippen molar-refractivity contribution in [2.45, 2.75) is 69.0 Å². The maximum atomic E-state index is 14.8. The SMILES string of the molecule is O=C1CC/C=C\[C@@H]2O[C@@]34C=CCN(Cn5nnc6ccccc65)C(=O)[C@@H]3N(CCCCCCO)C(=O)[C@H]4[C@@H]2C(=O)O[C@@H](c2ccccc2)CN1. The molecule has 1 spiro atoms. The molecular formula is C37H42N6O7. The second-order valence-corrected chi connectivity index (χ2v) is 13.3. The van der Waals surface area contributed by atoms with E-state index in [1.165, 1.54) is 0 Å². The summed E-state index contributed by atoms with van der Waals surface area (Å²) in [4.78, 5) is 59.6. The minimum atomic E-state index is -1.44. The number of unbranched alkanes of at least 4 members (excludes halogenated alkanes) is 3. The Hall–Kier alpha value is -4.88. The van der Waals surface area contributed by atoms with E-state index in [0.717, 1.165) is 18.4 Å². The second kappa shape index (κ2) is 14.5. The fourth-order valence-corrected chi connectivity index (χ4v) is 7.75. The van der Waals surface area contributed by atoms with Crippen LogP contribution in [-0.4, -0.2) is 97.6 Å². The lowest BCUT2D eigenvalue weighted by molar-refractivity contribution is -0.160. The first-order valence-electron chi connectivity index (χ1n) is 17.4. The summed E-state index contributed by atoms with van der Waals surface area (Å²) in [5, 5.41) is 20.7. The van der Waals surface area contributed by atoms with E-state index in [2.05, 4.69) is 15.6 Å². The zero-order valence-corrected chi connectivity index (χ0v) is 27.8. The number of hydrogen-bond donors (Lipinski definition) is 2. The molecular weight excluding hydrogens is 640 g/mol. The van der Waals surface area contributed by atoms with Crippen LogP contribution in [0.2, 0.25) is 0 Å². The molecule has 0 aliphatic carbocycles. The number of aliphatic hydroxyl groups excluding tert-OH is 1. The molecule has 2 N–H and O–H groups in total. The number of benzene rings is 2. The van der Waals surface area contributed by atoms with Crippen LogP contribution >= 0.6 is 0 Å². The molecule has 3 aromatic rings. The Morgan fingerprint density at radius 3 is 2.58 bits per heavy atom. The lowest BCUT2D eigenvalue weighted by atomic mass is 9.78. The molecule has 4 aliphatic heterocycles. The van der Waals surface area contributed by atoms with Gasteiger partial charge in [-0.25, -0.2) is 4.68 Å². The van der Waals surface area contributed by atoms with Gasteiger partial charge in [-0.1, -0.05) is 84.8 Å². The standard InChI is InChI=1S/C37H42N6O7/c44-22-11-2-1-10-21-42-33-35(47)41(24-43-27-16-7-6-15-26(27)39-40-43)20-12-19-37(33)32(34(42)46)31-28(50-37)17-8-9-18-30(45)38-23-29(49-36(31)48)25-13-4-3-5-14-25/h3-8,12-17,19,28-29,31-33,44H,1-2,9-11,18,20-24H2,(H,38,45)/b17-8-/t28-,29+,31+,32+,33-,37+/m0/s1. The van der Waals surface area contributed by atoms with Crippen LogP contribution in [0, 0.1) is 11.8 Å². The quantitative estimate of drug-likeness (QED) is 0.197. The van der Waals surface area contributed by atoms with Crippen molar-refractivity contribution in [3.05, 3.63) is 84.5 Å². The smallest absolute Gasteiger partial charge is 0.313 e. The average Bonchev–Trinajstić information content (AvgIpc) is 3.72. The number of aliphatic hydroxyl groups is 1. The number of likely N-dealkylation sites (tertiary alicyclic amines) is 1. The molecule has 7 rings (SSSR count). The Labute approximate surface area is 289 Å². The highest BCUT2D eigenvalue weighted by Crippen LogP contribution is 2.53. The molecule has 13 heteroatoms. The fraction of sp³-hybridized carbons (Fsp3) is 0.459. The lowest BCUT2D eigenvalue weighted by Gasteiger charge is -2.35. The van der Waals surface area contributed by atoms with Gasteiger partial charge in [0.05, 0.1) is 24.1 Å². The molecule has 2 saturated heterocycles. The van der Waals surface area contributed by atoms with Crippen LogP contribution in [0.5, 0.6) is 0 Å². The Kier molecular flexibility index (Phi) is 9.77. The normalized spacial score (nSPS) is 29.0. The zero-order chi connectivity index (χ0) is 34.7. The van der Waals surface area contributed by atoms with Crippen molar-refractivity contribution in [3.63, 3.8) is 0 Å². The third-order valence-corrected chi connectivity index (χ3v) is 10.2. The van der Waals surface area contributed by atoms with Crippen LogP contribution in [0.4, 0.5) is 0 Å². The number of ether oxygens (including phenoxy) is 2. The number of carbonyl (C=O) groups excluding carboxylic acids is 4. The number of nitrogens with one attached hydrogen (secondary N) is 1. The van der Waals surface area contributed by atoms with Crippen LogP contribution in [0.25, 0.3) is 11.0 Å². The Morgan fingerprint density at radius 1 is 0.940 bits per heavy atom. The highest BCUT2D eigenvalue weighted by atomic mass is 16.6. The number of cyclic esters (lactones) is 1. The number of rotatable bonds is 9. The predicted molar refractivity (Wildman–Crippen MR) is 181 cm³/mol. The fourth-order valence-electron chi connectivity index (χ4n) is 7.75. The summed E-state index contributed by atoms with van der Waals surface area (Å²) < 4.78 is 14.6. The van der Waals surface area contributed by atoms with Crippen molar-refractivity contribution in [1.82, 2.24) is 30.1 Å². The third kappa shape index (κ3) is 6.31. The lowest BCUT2D eigenvalue weighted by Crippen LogP contribution is -2.55. The molecule has 50 heavy (non-hydrogen) atoms. The van der Waals surface area contributed by atoms with E-state index in [9.17, 15) is 24.3 Å². The number of fused-ring (bicyclic) bond motifs is 3. The number of amides is 3. The summed E-state index contributed by atoms with van der Waals surface area (Å²) in [5.74, 6) is -3.50. The number of nitrogens with zero attached hydrogens (tertiary/aromatic N) is 5. The van der Waals surface area contributed by atoms with Crippen molar-refractivity contribution >= 4 is 34.7 Å². The minimum Gasteiger partial charge on any atom is -0.455 e. The van der Waals surface area contributed by atoms with Crippen molar-refractivity contribution in [3.8, 4) is 0 Å². The van der Waals surface area contributed by atoms with Gasteiger partial charge in [-0.05, 0) is 37.0 Å². The van der Waals surface area contributed by atoms with Gasteiger partial charge in [-0.2, -0.15) is 0 Å². The number of hydrogen-bond acceptors (Lipinski definition) is 9. The Bertz CT molecular complexity index is 1790. The summed E-state index contributed by atoms with van der Waals surface area (Å²) in [7, 11) is 0. The molecule has 6 atom stereocenters. The topological polar surface area (TPSA) is 156 Å². The first-order chi connectivity index (χ1) is 24.4. The highest BCUT2D eigenvalue weighted by molar-refractivity contribution is 5.99.